The zero-order chi connectivity index (χ0) is 29.9. The number of piperidine rings is 1. The van der Waals surface area contributed by atoms with Crippen molar-refractivity contribution < 1.29 is 28.2 Å². The summed E-state index contributed by atoms with van der Waals surface area (Å²) >= 11 is 0. The van der Waals surface area contributed by atoms with Crippen LogP contribution in [-0.4, -0.2) is 74.4 Å². The third-order valence-corrected chi connectivity index (χ3v) is 8.44. The SMILES string of the molecule is COc1cc(C(=O)N2C[C@H](F)C[C@@H](N(C(=O)O)C(C)(C)C)C2)cc2oc(-c3cc4cccnc4n3CC3CC3)c(C)c12. The van der Waals surface area contributed by atoms with Crippen LogP contribution in [0, 0.1) is 12.8 Å². The van der Waals surface area contributed by atoms with Gasteiger partial charge in [0, 0.05) is 47.8 Å². The molecule has 2 atom stereocenters. The first-order valence-corrected chi connectivity index (χ1v) is 14.5. The summed E-state index contributed by atoms with van der Waals surface area (Å²) < 4.78 is 29.4. The number of nitrogens with zero attached hydrogens (tertiary/aromatic N) is 4. The molecule has 2 amide bonds. The summed E-state index contributed by atoms with van der Waals surface area (Å²) in [7, 11) is 1.55. The molecule has 0 spiro atoms. The molecular weight excluding hydrogens is 539 g/mol. The molecule has 42 heavy (non-hydrogen) atoms. The third-order valence-electron chi connectivity index (χ3n) is 8.44. The number of aryl methyl sites for hydroxylation is 1. The number of carbonyl (C=O) groups excluding carboxylic acids is 1. The van der Waals surface area contributed by atoms with Crippen molar-refractivity contribution in [2.75, 3.05) is 20.2 Å². The van der Waals surface area contributed by atoms with Crippen LogP contribution in [0.3, 0.4) is 0 Å². The Morgan fingerprint density at radius 1 is 1.21 bits per heavy atom. The van der Waals surface area contributed by atoms with E-state index in [1.54, 1.807) is 46.2 Å². The number of halogens is 1. The highest BCUT2D eigenvalue weighted by atomic mass is 19.1. The highest BCUT2D eigenvalue weighted by Gasteiger charge is 2.40. The van der Waals surface area contributed by atoms with E-state index in [-0.39, 0.29) is 19.5 Å². The summed E-state index contributed by atoms with van der Waals surface area (Å²) in [5.41, 5.74) is 2.77. The van der Waals surface area contributed by atoms with Gasteiger partial charge in [-0.3, -0.25) is 9.69 Å². The number of pyridine rings is 1. The first-order valence-electron chi connectivity index (χ1n) is 14.5. The minimum absolute atomic E-state index is 0.0418. The molecular formula is C32H37FN4O5. The summed E-state index contributed by atoms with van der Waals surface area (Å²) in [6.07, 6.45) is 1.75. The summed E-state index contributed by atoms with van der Waals surface area (Å²) in [6, 6.07) is 8.73. The Hall–Kier alpha value is -4.08. The number of rotatable bonds is 6. The van der Waals surface area contributed by atoms with E-state index in [0.29, 0.717) is 28.6 Å². The van der Waals surface area contributed by atoms with Gasteiger partial charge in [-0.1, -0.05) is 0 Å². The van der Waals surface area contributed by atoms with Crippen LogP contribution in [0.5, 0.6) is 5.75 Å². The van der Waals surface area contributed by atoms with E-state index in [0.717, 1.165) is 34.2 Å². The van der Waals surface area contributed by atoms with Gasteiger partial charge in [0.05, 0.1) is 30.8 Å². The van der Waals surface area contributed by atoms with Crippen molar-refractivity contribution in [2.45, 2.75) is 71.3 Å². The van der Waals surface area contributed by atoms with Crippen molar-refractivity contribution in [3.63, 3.8) is 0 Å². The standard InChI is InChI=1S/C32H37FN4O5/c1-18-27-25(41-5)12-21(30(38)35-16-22(33)14-23(17-35)37(31(39)40)32(2,3)4)13-26(27)42-28(18)24-11-20-7-6-10-34-29(20)36(24)15-19-8-9-19/h6-7,10-13,19,22-23H,8-9,14-17H2,1-5H3,(H,39,40)/t22-,23-/m1/s1. The molecule has 1 aliphatic heterocycles. The van der Waals surface area contributed by atoms with E-state index in [1.807, 2.05) is 19.1 Å². The molecule has 3 aromatic heterocycles. The number of furan rings is 1. The summed E-state index contributed by atoms with van der Waals surface area (Å²) in [5, 5.41) is 11.7. The van der Waals surface area contributed by atoms with Gasteiger partial charge in [-0.2, -0.15) is 0 Å². The number of methoxy groups -OCH3 is 1. The number of alkyl halides is 1. The number of fused-ring (bicyclic) bond motifs is 2. The van der Waals surface area contributed by atoms with E-state index in [9.17, 15) is 19.1 Å². The number of benzene rings is 1. The summed E-state index contributed by atoms with van der Waals surface area (Å²) in [4.78, 5) is 33.2. The molecule has 1 aliphatic carbocycles. The fourth-order valence-electron chi connectivity index (χ4n) is 6.43. The van der Waals surface area contributed by atoms with Gasteiger partial charge in [0.15, 0.2) is 5.76 Å². The highest BCUT2D eigenvalue weighted by molar-refractivity contribution is 6.02. The van der Waals surface area contributed by atoms with Crippen LogP contribution in [0.2, 0.25) is 0 Å². The molecule has 1 saturated carbocycles. The molecule has 1 aromatic carbocycles. The number of aromatic nitrogens is 2. The average Bonchev–Trinajstić information content (AvgIpc) is 3.59. The zero-order valence-corrected chi connectivity index (χ0v) is 24.7. The predicted molar refractivity (Wildman–Crippen MR) is 158 cm³/mol. The number of hydrogen-bond donors (Lipinski definition) is 1. The number of likely N-dealkylation sites (tertiary alicyclic amines) is 1. The Morgan fingerprint density at radius 2 is 1.98 bits per heavy atom. The molecule has 2 aliphatic rings. The maximum atomic E-state index is 15.0. The van der Waals surface area contributed by atoms with Gasteiger partial charge in [-0.15, -0.1) is 0 Å². The molecule has 10 heteroatoms. The quantitative estimate of drug-likeness (QED) is 0.281. The van der Waals surface area contributed by atoms with E-state index >= 15 is 0 Å². The van der Waals surface area contributed by atoms with Crippen LogP contribution in [0.15, 0.2) is 40.9 Å². The molecule has 9 nitrogen and oxygen atoms in total. The lowest BCUT2D eigenvalue weighted by Crippen LogP contribution is -2.59. The minimum atomic E-state index is -1.35. The second kappa shape index (κ2) is 10.3. The van der Waals surface area contributed by atoms with E-state index < -0.39 is 29.8 Å². The molecule has 222 valence electrons. The smallest absolute Gasteiger partial charge is 0.408 e. The highest BCUT2D eigenvalue weighted by Crippen LogP contribution is 2.42. The lowest BCUT2D eigenvalue weighted by molar-refractivity contribution is 0.0126. The molecule has 0 radical (unpaired) electrons. The Kier molecular flexibility index (Phi) is 6.90. The lowest BCUT2D eigenvalue weighted by Gasteiger charge is -2.45. The number of amides is 2. The van der Waals surface area contributed by atoms with Crippen LogP contribution in [0.25, 0.3) is 33.5 Å². The van der Waals surface area contributed by atoms with Gasteiger partial charge in [0.25, 0.3) is 5.91 Å². The van der Waals surface area contributed by atoms with Gasteiger partial charge < -0.3 is 23.7 Å². The molecule has 0 unspecified atom stereocenters. The first-order chi connectivity index (χ1) is 20.0. The lowest BCUT2D eigenvalue weighted by atomic mass is 9.96. The molecule has 2 fully saturated rings. The first kappa shape index (κ1) is 28.1. The van der Waals surface area contributed by atoms with Crippen molar-refractivity contribution in [1.29, 1.82) is 0 Å². The van der Waals surface area contributed by atoms with Crippen LogP contribution in [0.4, 0.5) is 9.18 Å². The zero-order valence-electron chi connectivity index (χ0n) is 24.7. The Morgan fingerprint density at radius 3 is 2.64 bits per heavy atom. The number of ether oxygens (including phenoxy) is 1. The van der Waals surface area contributed by atoms with Gasteiger partial charge in [0.1, 0.15) is 23.2 Å². The van der Waals surface area contributed by atoms with Gasteiger partial charge in [-0.25, -0.2) is 14.2 Å². The average molecular weight is 577 g/mol. The molecule has 1 saturated heterocycles. The monoisotopic (exact) mass is 576 g/mol. The van der Waals surface area contributed by atoms with Crippen LogP contribution >= 0.6 is 0 Å². The molecule has 4 aromatic rings. The van der Waals surface area contributed by atoms with Crippen molar-refractivity contribution in [1.82, 2.24) is 19.4 Å². The maximum Gasteiger partial charge on any atom is 0.408 e. The number of hydrogen-bond acceptors (Lipinski definition) is 5. The van der Waals surface area contributed by atoms with Gasteiger partial charge in [-0.05, 0) is 76.8 Å². The molecule has 1 N–H and O–H groups in total. The predicted octanol–water partition coefficient (Wildman–Crippen LogP) is 6.51. The van der Waals surface area contributed by atoms with E-state index in [4.69, 9.17) is 9.15 Å². The van der Waals surface area contributed by atoms with Crippen molar-refractivity contribution >= 4 is 34.0 Å². The largest absolute Gasteiger partial charge is 0.496 e. The Bertz CT molecular complexity index is 1680. The maximum absolute atomic E-state index is 15.0. The summed E-state index contributed by atoms with van der Waals surface area (Å²) in [6.45, 7) is 8.13. The number of carboxylic acid groups (broad SMARTS) is 1. The normalized spacial score (nSPS) is 19.4. The Balaban J connectivity index is 1.39. The fourth-order valence-corrected chi connectivity index (χ4v) is 6.43. The Labute approximate surface area is 243 Å². The summed E-state index contributed by atoms with van der Waals surface area (Å²) in [5.74, 6) is 1.39. The fraction of sp³-hybridized carbons (Fsp3) is 0.469. The third kappa shape index (κ3) is 4.97. The van der Waals surface area contributed by atoms with Crippen molar-refractivity contribution in [2.24, 2.45) is 5.92 Å². The van der Waals surface area contributed by atoms with Crippen molar-refractivity contribution in [3.05, 3.63) is 47.7 Å². The van der Waals surface area contributed by atoms with Crippen LogP contribution < -0.4 is 4.74 Å². The second-order valence-electron chi connectivity index (χ2n) is 12.6. The van der Waals surface area contributed by atoms with Gasteiger partial charge in [0.2, 0.25) is 0 Å². The molecule has 0 bridgehead atoms. The molecule has 4 heterocycles. The van der Waals surface area contributed by atoms with Crippen molar-refractivity contribution in [3.8, 4) is 17.2 Å². The minimum Gasteiger partial charge on any atom is -0.496 e. The topological polar surface area (TPSA) is 101 Å². The second-order valence-corrected chi connectivity index (χ2v) is 12.6. The number of carbonyl (C=O) groups is 2. The van der Waals surface area contributed by atoms with Crippen LogP contribution in [-0.2, 0) is 6.54 Å². The van der Waals surface area contributed by atoms with E-state index in [2.05, 4.69) is 15.6 Å². The van der Waals surface area contributed by atoms with E-state index in [1.165, 1.54) is 22.6 Å². The van der Waals surface area contributed by atoms with Crippen LogP contribution in [0.1, 0.15) is 56.0 Å². The molecule has 6 rings (SSSR count). The van der Waals surface area contributed by atoms with Gasteiger partial charge >= 0.3 is 6.09 Å².